The molecule has 9 heteroatoms. The van der Waals surface area contributed by atoms with Crippen molar-refractivity contribution in [3.05, 3.63) is 106 Å². The molecule has 4 aromatic rings. The Morgan fingerprint density at radius 2 is 1.81 bits per heavy atom. The predicted octanol–water partition coefficient (Wildman–Crippen LogP) is 4.58. The number of benzene rings is 2. The Labute approximate surface area is 181 Å². The SMILES string of the molecule is O=c1ncccn1SCCc1ccc(Nc2ncc(Cc3c(F)cccc3F)o2)cc1. The number of hydrogen-bond acceptors (Lipinski definition) is 6. The fourth-order valence-electron chi connectivity index (χ4n) is 2.90. The lowest BCUT2D eigenvalue weighted by atomic mass is 10.1. The Kier molecular flexibility index (Phi) is 6.42. The summed E-state index contributed by atoms with van der Waals surface area (Å²) in [6, 6.07) is 13.4. The number of rotatable bonds is 8. The maximum atomic E-state index is 13.8. The van der Waals surface area contributed by atoms with Gasteiger partial charge in [-0.05, 0) is 54.3 Å². The molecule has 0 atom stereocenters. The molecule has 0 amide bonds. The number of halogens is 2. The lowest BCUT2D eigenvalue weighted by Crippen LogP contribution is -2.17. The third-order valence-corrected chi connectivity index (χ3v) is 5.42. The van der Waals surface area contributed by atoms with Gasteiger partial charge in [0, 0.05) is 35.8 Å². The summed E-state index contributed by atoms with van der Waals surface area (Å²) in [5.41, 5.74) is 1.54. The van der Waals surface area contributed by atoms with Crippen LogP contribution in [0.4, 0.5) is 20.5 Å². The third kappa shape index (κ3) is 5.37. The van der Waals surface area contributed by atoms with Crippen molar-refractivity contribution in [3.8, 4) is 0 Å². The molecule has 158 valence electrons. The van der Waals surface area contributed by atoms with Crippen LogP contribution in [-0.2, 0) is 12.8 Å². The lowest BCUT2D eigenvalue weighted by Gasteiger charge is -2.06. The third-order valence-electron chi connectivity index (χ3n) is 4.47. The van der Waals surface area contributed by atoms with Crippen LogP contribution < -0.4 is 11.0 Å². The molecule has 6 nitrogen and oxygen atoms in total. The van der Waals surface area contributed by atoms with Crippen molar-refractivity contribution >= 4 is 23.6 Å². The molecular weight excluding hydrogens is 422 g/mol. The lowest BCUT2D eigenvalue weighted by molar-refractivity contribution is 0.511. The Bertz CT molecular complexity index is 1200. The van der Waals surface area contributed by atoms with E-state index >= 15 is 0 Å². The van der Waals surface area contributed by atoms with Crippen LogP contribution in [0.15, 0.2) is 76.3 Å². The zero-order valence-electron chi connectivity index (χ0n) is 16.3. The number of nitrogens with one attached hydrogen (secondary N) is 1. The van der Waals surface area contributed by atoms with Crippen LogP contribution in [0.1, 0.15) is 16.9 Å². The normalized spacial score (nSPS) is 10.9. The van der Waals surface area contributed by atoms with Crippen molar-refractivity contribution in [2.45, 2.75) is 12.8 Å². The summed E-state index contributed by atoms with van der Waals surface area (Å²) < 4.78 is 34.6. The van der Waals surface area contributed by atoms with E-state index in [1.807, 2.05) is 24.3 Å². The van der Waals surface area contributed by atoms with Gasteiger partial charge in [-0.1, -0.05) is 18.2 Å². The smallest absolute Gasteiger partial charge is 0.357 e. The molecule has 2 aromatic heterocycles. The van der Waals surface area contributed by atoms with Crippen molar-refractivity contribution in [2.75, 3.05) is 11.1 Å². The quantitative estimate of drug-likeness (QED) is 0.432. The molecule has 0 aliphatic heterocycles. The summed E-state index contributed by atoms with van der Waals surface area (Å²) in [6.07, 6.45) is 5.37. The average Bonchev–Trinajstić information content (AvgIpc) is 3.20. The first-order chi connectivity index (χ1) is 15.1. The van der Waals surface area contributed by atoms with Crippen LogP contribution in [0.2, 0.25) is 0 Å². The van der Waals surface area contributed by atoms with Crippen molar-refractivity contribution in [1.82, 2.24) is 13.9 Å². The molecule has 31 heavy (non-hydrogen) atoms. The monoisotopic (exact) mass is 440 g/mol. The van der Waals surface area contributed by atoms with Crippen molar-refractivity contribution in [2.24, 2.45) is 0 Å². The van der Waals surface area contributed by atoms with E-state index < -0.39 is 11.6 Å². The highest BCUT2D eigenvalue weighted by Gasteiger charge is 2.12. The second-order valence-corrected chi connectivity index (χ2v) is 7.70. The molecule has 0 aliphatic carbocycles. The van der Waals surface area contributed by atoms with E-state index in [9.17, 15) is 13.6 Å². The van der Waals surface area contributed by atoms with Crippen LogP contribution in [0.3, 0.4) is 0 Å². The summed E-state index contributed by atoms with van der Waals surface area (Å²) in [5, 5.41) is 3.03. The van der Waals surface area contributed by atoms with Gasteiger partial charge in [-0.2, -0.15) is 0 Å². The molecule has 0 bridgehead atoms. The molecule has 1 N–H and O–H groups in total. The summed E-state index contributed by atoms with van der Waals surface area (Å²) in [7, 11) is 0. The predicted molar refractivity (Wildman–Crippen MR) is 115 cm³/mol. The van der Waals surface area contributed by atoms with Gasteiger partial charge >= 0.3 is 5.69 Å². The molecular formula is C22H18F2N4O2S. The minimum atomic E-state index is -0.618. The number of hydrogen-bond donors (Lipinski definition) is 1. The van der Waals surface area contributed by atoms with Gasteiger partial charge in [-0.15, -0.1) is 0 Å². The Morgan fingerprint density at radius 3 is 2.55 bits per heavy atom. The van der Waals surface area contributed by atoms with Crippen molar-refractivity contribution in [3.63, 3.8) is 0 Å². The first kappa shape index (κ1) is 20.8. The van der Waals surface area contributed by atoms with Crippen LogP contribution in [0.25, 0.3) is 0 Å². The topological polar surface area (TPSA) is 73.0 Å². The molecule has 0 radical (unpaired) electrons. The molecule has 0 unspecified atom stereocenters. The van der Waals surface area contributed by atoms with Gasteiger partial charge in [0.1, 0.15) is 17.4 Å². The molecule has 0 saturated heterocycles. The van der Waals surface area contributed by atoms with Crippen molar-refractivity contribution in [1.29, 1.82) is 0 Å². The van der Waals surface area contributed by atoms with Gasteiger partial charge in [0.2, 0.25) is 0 Å². The zero-order valence-corrected chi connectivity index (χ0v) is 17.1. The Morgan fingerprint density at radius 1 is 1.03 bits per heavy atom. The highest BCUT2D eigenvalue weighted by molar-refractivity contribution is 7.97. The van der Waals surface area contributed by atoms with Gasteiger partial charge in [-0.3, -0.25) is 0 Å². The van der Waals surface area contributed by atoms with E-state index in [-0.39, 0.29) is 23.7 Å². The van der Waals surface area contributed by atoms with Gasteiger partial charge < -0.3 is 9.73 Å². The van der Waals surface area contributed by atoms with Gasteiger partial charge in [0.05, 0.1) is 6.20 Å². The van der Waals surface area contributed by atoms with Crippen LogP contribution >= 0.6 is 11.9 Å². The number of aryl methyl sites for hydroxylation is 1. The van der Waals surface area contributed by atoms with E-state index in [0.29, 0.717) is 5.76 Å². The van der Waals surface area contributed by atoms with Gasteiger partial charge in [-0.25, -0.2) is 27.5 Å². The first-order valence-electron chi connectivity index (χ1n) is 9.49. The average molecular weight is 440 g/mol. The first-order valence-corrected chi connectivity index (χ1v) is 10.4. The van der Waals surface area contributed by atoms with E-state index in [4.69, 9.17) is 4.42 Å². The van der Waals surface area contributed by atoms with E-state index in [1.54, 1.807) is 12.3 Å². The molecule has 0 fully saturated rings. The molecule has 4 rings (SSSR count). The maximum absolute atomic E-state index is 13.8. The number of anilines is 2. The van der Waals surface area contributed by atoms with Crippen LogP contribution in [0, 0.1) is 11.6 Å². The largest absolute Gasteiger partial charge is 0.428 e. The fourth-order valence-corrected chi connectivity index (χ4v) is 3.74. The fraction of sp³-hybridized carbons (Fsp3) is 0.136. The van der Waals surface area contributed by atoms with Crippen LogP contribution in [-0.4, -0.2) is 19.7 Å². The molecule has 0 aliphatic rings. The summed E-state index contributed by atoms with van der Waals surface area (Å²) >= 11 is 1.40. The molecule has 0 spiro atoms. The number of aromatic nitrogens is 3. The van der Waals surface area contributed by atoms with Gasteiger partial charge in [0.25, 0.3) is 6.01 Å². The van der Waals surface area contributed by atoms with E-state index in [2.05, 4.69) is 15.3 Å². The number of nitrogens with zero attached hydrogens (tertiary/aromatic N) is 3. The standard InChI is InChI=1S/C22H18F2N4O2S/c23-19-3-1-4-20(24)18(19)13-17-14-26-21(30-17)27-16-7-5-15(6-8-16)9-12-31-28-11-2-10-25-22(28)29/h1-8,10-11,14H,9,12-13H2,(H,26,27). The summed E-state index contributed by atoms with van der Waals surface area (Å²) in [5.74, 6) is -0.152. The van der Waals surface area contributed by atoms with E-state index in [0.717, 1.165) is 23.4 Å². The van der Waals surface area contributed by atoms with Gasteiger partial charge in [0.15, 0.2) is 0 Å². The molecule has 2 aromatic carbocycles. The van der Waals surface area contributed by atoms with Crippen LogP contribution in [0.5, 0.6) is 0 Å². The highest BCUT2D eigenvalue weighted by Crippen LogP contribution is 2.21. The summed E-state index contributed by atoms with van der Waals surface area (Å²) in [4.78, 5) is 19.4. The Hall–Kier alpha value is -3.46. The second kappa shape index (κ2) is 9.57. The van der Waals surface area contributed by atoms with Crippen molar-refractivity contribution < 1.29 is 13.2 Å². The zero-order chi connectivity index (χ0) is 21.6. The summed E-state index contributed by atoms with van der Waals surface area (Å²) in [6.45, 7) is 0. The maximum Gasteiger partial charge on any atom is 0.357 e. The minimum absolute atomic E-state index is 0.0240. The highest BCUT2D eigenvalue weighted by atomic mass is 32.2. The second-order valence-electron chi connectivity index (χ2n) is 6.64. The van der Waals surface area contributed by atoms with E-state index in [1.165, 1.54) is 46.5 Å². The minimum Gasteiger partial charge on any atom is -0.428 e. The molecule has 0 saturated carbocycles. The molecule has 2 heterocycles. The number of oxazole rings is 1. The Balaban J connectivity index is 1.32.